The largest absolute Gasteiger partial charge is 0.497 e. The number of esters is 1. The van der Waals surface area contributed by atoms with Crippen LogP contribution < -0.4 is 15.0 Å². The smallest absolute Gasteiger partial charge is 0.337 e. The number of hydrogen-bond donors (Lipinski definition) is 2. The maximum absolute atomic E-state index is 12.1. The lowest BCUT2D eigenvalue weighted by Gasteiger charge is -2.14. The molecule has 0 aliphatic rings. The highest BCUT2D eigenvalue weighted by Crippen LogP contribution is 2.14. The maximum atomic E-state index is 12.1. The second-order valence-corrected chi connectivity index (χ2v) is 5.78. The normalized spacial score (nSPS) is 11.5. The lowest BCUT2D eigenvalue weighted by atomic mass is 10.1. The molecule has 2 aromatic carbocycles. The fraction of sp³-hybridized carbons (Fsp3) is 0.263. The topological polar surface area (TPSA) is 69.1 Å². The number of benzene rings is 2. The van der Waals surface area contributed by atoms with Crippen LogP contribution in [0.3, 0.4) is 0 Å². The first-order chi connectivity index (χ1) is 12.0. The Morgan fingerprint density at radius 1 is 1.00 bits per heavy atom. The molecule has 1 atom stereocenters. The van der Waals surface area contributed by atoms with Crippen molar-refractivity contribution in [2.75, 3.05) is 33.1 Å². The molecule has 0 heterocycles. The van der Waals surface area contributed by atoms with Crippen LogP contribution in [0.2, 0.25) is 0 Å². The molecule has 0 radical (unpaired) electrons. The number of anilines is 1. The number of carbonyl (C=O) groups is 2. The number of quaternary nitrogens is 1. The van der Waals surface area contributed by atoms with Crippen molar-refractivity contribution in [1.29, 1.82) is 0 Å². The number of likely N-dealkylation sites (N-methyl/N-ethyl adjacent to an activating group) is 1. The lowest BCUT2D eigenvalue weighted by molar-refractivity contribution is -0.885. The molecule has 2 aromatic rings. The second kappa shape index (κ2) is 8.84. The van der Waals surface area contributed by atoms with Gasteiger partial charge in [-0.3, -0.25) is 4.79 Å². The summed E-state index contributed by atoms with van der Waals surface area (Å²) in [7, 11) is 4.90. The summed E-state index contributed by atoms with van der Waals surface area (Å²) in [5.74, 6) is 0.330. The number of rotatable bonds is 7. The summed E-state index contributed by atoms with van der Waals surface area (Å²) in [6, 6.07) is 14.4. The van der Waals surface area contributed by atoms with Gasteiger partial charge in [-0.2, -0.15) is 0 Å². The number of amides is 1. The van der Waals surface area contributed by atoms with Gasteiger partial charge in [-0.1, -0.05) is 12.1 Å². The van der Waals surface area contributed by atoms with Crippen molar-refractivity contribution in [3.63, 3.8) is 0 Å². The highest BCUT2D eigenvalue weighted by atomic mass is 16.5. The van der Waals surface area contributed by atoms with E-state index in [9.17, 15) is 9.59 Å². The van der Waals surface area contributed by atoms with E-state index in [4.69, 9.17) is 4.74 Å². The van der Waals surface area contributed by atoms with Crippen molar-refractivity contribution in [3.8, 4) is 5.75 Å². The van der Waals surface area contributed by atoms with Gasteiger partial charge in [-0.15, -0.1) is 0 Å². The van der Waals surface area contributed by atoms with Gasteiger partial charge >= 0.3 is 5.97 Å². The fourth-order valence-corrected chi connectivity index (χ4v) is 2.44. The first-order valence-corrected chi connectivity index (χ1v) is 7.94. The van der Waals surface area contributed by atoms with Gasteiger partial charge < -0.3 is 19.7 Å². The predicted octanol–water partition coefficient (Wildman–Crippen LogP) is 1.14. The van der Waals surface area contributed by atoms with Gasteiger partial charge in [0.25, 0.3) is 5.91 Å². The van der Waals surface area contributed by atoms with Crippen LogP contribution in [0.4, 0.5) is 5.69 Å². The third-order valence-corrected chi connectivity index (χ3v) is 3.72. The molecular weight excluding hydrogens is 320 g/mol. The molecule has 0 saturated heterocycles. The van der Waals surface area contributed by atoms with E-state index in [1.165, 1.54) is 7.11 Å². The lowest BCUT2D eigenvalue weighted by Crippen LogP contribution is -3.08. The molecule has 2 N–H and O–H groups in total. The van der Waals surface area contributed by atoms with Crippen LogP contribution in [-0.4, -0.2) is 39.7 Å². The number of ether oxygens (including phenoxy) is 2. The second-order valence-electron chi connectivity index (χ2n) is 5.78. The average molecular weight is 343 g/mol. The summed E-state index contributed by atoms with van der Waals surface area (Å²) >= 11 is 0. The van der Waals surface area contributed by atoms with E-state index >= 15 is 0 Å². The first-order valence-electron chi connectivity index (χ1n) is 7.94. The molecule has 132 valence electrons. The molecule has 0 aromatic heterocycles. The van der Waals surface area contributed by atoms with Crippen LogP contribution >= 0.6 is 0 Å². The Bertz CT molecular complexity index is 711. The Balaban J connectivity index is 1.85. The third kappa shape index (κ3) is 5.61. The molecule has 25 heavy (non-hydrogen) atoms. The number of methoxy groups -OCH3 is 2. The van der Waals surface area contributed by atoms with E-state index in [1.807, 2.05) is 19.2 Å². The van der Waals surface area contributed by atoms with E-state index in [2.05, 4.69) is 10.1 Å². The Morgan fingerprint density at radius 3 is 2.20 bits per heavy atom. The summed E-state index contributed by atoms with van der Waals surface area (Å²) in [6.07, 6.45) is 0. The third-order valence-electron chi connectivity index (χ3n) is 3.72. The molecule has 6 nitrogen and oxygen atoms in total. The van der Waals surface area contributed by atoms with Crippen LogP contribution in [0, 0.1) is 0 Å². The molecule has 2 rings (SSSR count). The molecule has 1 unspecified atom stereocenters. The van der Waals surface area contributed by atoms with Crippen molar-refractivity contribution in [3.05, 3.63) is 59.7 Å². The van der Waals surface area contributed by atoms with E-state index < -0.39 is 0 Å². The Hall–Kier alpha value is -2.86. The van der Waals surface area contributed by atoms with Gasteiger partial charge in [0.15, 0.2) is 6.54 Å². The van der Waals surface area contributed by atoms with Gasteiger partial charge in [-0.25, -0.2) is 4.79 Å². The minimum atomic E-state index is -0.355. The highest BCUT2D eigenvalue weighted by molar-refractivity contribution is 5.91. The molecule has 0 saturated carbocycles. The zero-order chi connectivity index (χ0) is 18.2. The number of carbonyl (C=O) groups excluding carboxylic acids is 2. The van der Waals surface area contributed by atoms with Crippen molar-refractivity contribution in [2.45, 2.75) is 6.54 Å². The highest BCUT2D eigenvalue weighted by Gasteiger charge is 2.12. The standard InChI is InChI=1S/C19H22N2O4/c1-21(12-14-4-6-15(7-5-14)19(23)25-3)13-18(22)20-16-8-10-17(24-2)11-9-16/h4-11H,12-13H2,1-3H3,(H,20,22)/p+1. The monoisotopic (exact) mass is 343 g/mol. The van der Waals surface area contributed by atoms with Gasteiger partial charge in [0.2, 0.25) is 0 Å². The quantitative estimate of drug-likeness (QED) is 0.740. The first kappa shape index (κ1) is 18.5. The Kier molecular flexibility index (Phi) is 6.54. The van der Waals surface area contributed by atoms with E-state index in [0.29, 0.717) is 18.7 Å². The van der Waals surface area contributed by atoms with E-state index in [1.54, 1.807) is 43.5 Å². The summed E-state index contributed by atoms with van der Waals surface area (Å²) in [5, 5.41) is 2.87. The van der Waals surface area contributed by atoms with Gasteiger partial charge in [0.05, 0.1) is 26.8 Å². The van der Waals surface area contributed by atoms with E-state index in [0.717, 1.165) is 21.9 Å². The SMILES string of the molecule is COC(=O)c1ccc(C[NH+](C)CC(=O)Nc2ccc(OC)cc2)cc1. The average Bonchev–Trinajstić information content (AvgIpc) is 2.62. The summed E-state index contributed by atoms with van der Waals surface area (Å²) in [4.78, 5) is 24.6. The van der Waals surface area contributed by atoms with Crippen molar-refractivity contribution in [1.82, 2.24) is 0 Å². The van der Waals surface area contributed by atoms with Crippen molar-refractivity contribution >= 4 is 17.6 Å². The molecule has 0 aliphatic heterocycles. The van der Waals surface area contributed by atoms with Crippen LogP contribution in [0.15, 0.2) is 48.5 Å². The van der Waals surface area contributed by atoms with Crippen molar-refractivity contribution < 1.29 is 24.0 Å². The van der Waals surface area contributed by atoms with Crippen LogP contribution in [0.5, 0.6) is 5.75 Å². The van der Waals surface area contributed by atoms with Crippen LogP contribution in [-0.2, 0) is 16.1 Å². The fourth-order valence-electron chi connectivity index (χ4n) is 2.44. The van der Waals surface area contributed by atoms with Crippen LogP contribution in [0.25, 0.3) is 0 Å². The molecule has 0 aliphatic carbocycles. The van der Waals surface area contributed by atoms with E-state index in [-0.39, 0.29) is 11.9 Å². The molecule has 6 heteroatoms. The van der Waals surface area contributed by atoms with Crippen molar-refractivity contribution in [2.24, 2.45) is 0 Å². The molecule has 1 amide bonds. The summed E-state index contributed by atoms with van der Waals surface area (Å²) < 4.78 is 9.77. The molecular formula is C19H23N2O4+. The predicted molar refractivity (Wildman–Crippen MR) is 94.9 cm³/mol. The summed E-state index contributed by atoms with van der Waals surface area (Å²) in [5.41, 5.74) is 2.30. The Morgan fingerprint density at radius 2 is 1.64 bits per heavy atom. The zero-order valence-electron chi connectivity index (χ0n) is 14.7. The van der Waals surface area contributed by atoms with Gasteiger partial charge in [0, 0.05) is 11.3 Å². The number of hydrogen-bond acceptors (Lipinski definition) is 4. The molecule has 0 fully saturated rings. The summed E-state index contributed by atoms with van der Waals surface area (Å²) in [6.45, 7) is 1.02. The zero-order valence-corrected chi connectivity index (χ0v) is 14.7. The minimum absolute atomic E-state index is 0.0613. The Labute approximate surface area is 147 Å². The molecule has 0 spiro atoms. The van der Waals surface area contributed by atoms with Crippen LogP contribution in [0.1, 0.15) is 15.9 Å². The maximum Gasteiger partial charge on any atom is 0.337 e. The van der Waals surface area contributed by atoms with Gasteiger partial charge in [0.1, 0.15) is 12.3 Å². The minimum Gasteiger partial charge on any atom is -0.497 e. The molecule has 0 bridgehead atoms. The van der Waals surface area contributed by atoms with Gasteiger partial charge in [-0.05, 0) is 36.4 Å². The number of nitrogens with one attached hydrogen (secondary N) is 2.